The lowest BCUT2D eigenvalue weighted by molar-refractivity contribution is -0.132. The summed E-state index contributed by atoms with van der Waals surface area (Å²) in [6.07, 6.45) is 2.65. The van der Waals surface area contributed by atoms with Crippen LogP contribution >= 0.6 is 11.8 Å². The van der Waals surface area contributed by atoms with Gasteiger partial charge in [-0.1, -0.05) is 0 Å². The van der Waals surface area contributed by atoms with Gasteiger partial charge in [-0.25, -0.2) is 5.01 Å². The number of ether oxygens (including phenoxy) is 1. The van der Waals surface area contributed by atoms with Crippen LogP contribution in [0.25, 0.3) is 0 Å². The molecule has 2 saturated heterocycles. The second-order valence-electron chi connectivity index (χ2n) is 7.81. The van der Waals surface area contributed by atoms with Crippen LogP contribution in [0, 0.1) is 11.3 Å². The molecule has 0 bridgehead atoms. The maximum Gasteiger partial charge on any atom is 0.239 e. The number of thioether (sulfide) groups is 1. The first-order chi connectivity index (χ1) is 13.9. The number of nitrogens with zero attached hydrogens (tertiary/aromatic N) is 4. The van der Waals surface area contributed by atoms with Crippen molar-refractivity contribution >= 4 is 23.6 Å². The van der Waals surface area contributed by atoms with E-state index in [2.05, 4.69) is 16.3 Å². The maximum atomic E-state index is 12.4. The Morgan fingerprint density at radius 3 is 2.76 bits per heavy atom. The first kappa shape index (κ1) is 23.9. The number of piperidine rings is 1. The van der Waals surface area contributed by atoms with Crippen molar-refractivity contribution in [1.82, 2.24) is 20.1 Å². The van der Waals surface area contributed by atoms with Gasteiger partial charge < -0.3 is 15.0 Å². The average molecular weight is 427 g/mol. The zero-order chi connectivity index (χ0) is 21.2. The molecular formula is C19H34N6O3S. The van der Waals surface area contributed by atoms with Crippen LogP contribution in [0.5, 0.6) is 0 Å². The highest BCUT2D eigenvalue weighted by Gasteiger charge is 2.31. The van der Waals surface area contributed by atoms with Crippen molar-refractivity contribution in [2.75, 3.05) is 51.0 Å². The molecule has 29 heavy (non-hydrogen) atoms. The van der Waals surface area contributed by atoms with E-state index in [4.69, 9.17) is 15.8 Å². The van der Waals surface area contributed by atoms with E-state index in [9.17, 15) is 9.59 Å². The van der Waals surface area contributed by atoms with Crippen LogP contribution < -0.4 is 11.2 Å². The molecule has 2 amide bonds. The van der Waals surface area contributed by atoms with Crippen molar-refractivity contribution < 1.29 is 14.3 Å². The minimum atomic E-state index is -0.349. The topological polar surface area (TPSA) is 115 Å². The second kappa shape index (κ2) is 12.3. The lowest BCUT2D eigenvalue weighted by atomic mass is 10.0. The van der Waals surface area contributed by atoms with Gasteiger partial charge in [0, 0.05) is 38.0 Å². The van der Waals surface area contributed by atoms with Crippen molar-refractivity contribution in [2.45, 2.75) is 51.3 Å². The Kier molecular flexibility index (Phi) is 10.2. The summed E-state index contributed by atoms with van der Waals surface area (Å²) in [5.74, 6) is 7.31. The van der Waals surface area contributed by atoms with Gasteiger partial charge in [-0.2, -0.15) is 5.26 Å². The molecule has 2 heterocycles. The third-order valence-electron chi connectivity index (χ3n) is 5.16. The van der Waals surface area contributed by atoms with Crippen LogP contribution in [0.15, 0.2) is 0 Å². The standard InChI is InChI=1S/C19H34N6O3S/c1-15(2)28-9-3-6-22-18(26)11-23-7-4-16(5-8-23)25(21)12-19(27)24-14-29-13-17(24)10-20/h15-17H,3-9,11-14,21H2,1-2H3,(H,22,26)/t17-/m1/s1. The number of carbonyl (C=O) groups is 2. The molecule has 2 aliphatic rings. The predicted molar refractivity (Wildman–Crippen MR) is 113 cm³/mol. The highest BCUT2D eigenvalue weighted by molar-refractivity contribution is 7.99. The number of carbonyl (C=O) groups excluding carboxylic acids is 2. The van der Waals surface area contributed by atoms with Gasteiger partial charge in [0.25, 0.3) is 0 Å². The Morgan fingerprint density at radius 1 is 1.38 bits per heavy atom. The van der Waals surface area contributed by atoms with E-state index in [1.54, 1.807) is 21.7 Å². The zero-order valence-corrected chi connectivity index (χ0v) is 18.3. The van der Waals surface area contributed by atoms with E-state index in [1.165, 1.54) is 0 Å². The molecule has 3 N–H and O–H groups in total. The van der Waals surface area contributed by atoms with Crippen molar-refractivity contribution in [2.24, 2.45) is 5.84 Å². The number of rotatable bonds is 10. The molecule has 1 atom stereocenters. The summed E-state index contributed by atoms with van der Waals surface area (Å²) in [6, 6.07) is 1.94. The van der Waals surface area contributed by atoms with Crippen LogP contribution in [0.3, 0.4) is 0 Å². The van der Waals surface area contributed by atoms with E-state index in [0.717, 1.165) is 32.4 Å². The van der Waals surface area contributed by atoms with Gasteiger partial charge in [-0.05, 0) is 33.1 Å². The van der Waals surface area contributed by atoms with Crippen LogP contribution in [0.2, 0.25) is 0 Å². The Hall–Kier alpha value is -1.38. The monoisotopic (exact) mass is 426 g/mol. The van der Waals surface area contributed by atoms with Crippen molar-refractivity contribution in [3.8, 4) is 6.07 Å². The Bertz CT molecular complexity index is 577. The smallest absolute Gasteiger partial charge is 0.239 e. The normalized spacial score (nSPS) is 21.0. The lowest BCUT2D eigenvalue weighted by Crippen LogP contribution is -2.53. The fraction of sp³-hybridized carbons (Fsp3) is 0.842. The third-order valence-corrected chi connectivity index (χ3v) is 6.17. The quantitative estimate of drug-likeness (QED) is 0.285. The number of hydrogen-bond acceptors (Lipinski definition) is 8. The van der Waals surface area contributed by atoms with E-state index < -0.39 is 0 Å². The molecule has 0 spiro atoms. The number of hydrazine groups is 1. The van der Waals surface area contributed by atoms with E-state index >= 15 is 0 Å². The molecular weight excluding hydrogens is 392 g/mol. The molecule has 2 aliphatic heterocycles. The highest BCUT2D eigenvalue weighted by Crippen LogP contribution is 2.21. The third kappa shape index (κ3) is 8.10. The van der Waals surface area contributed by atoms with Crippen molar-refractivity contribution in [1.29, 1.82) is 5.26 Å². The summed E-state index contributed by atoms with van der Waals surface area (Å²) < 4.78 is 5.46. The number of nitriles is 1. The van der Waals surface area contributed by atoms with Gasteiger partial charge in [0.2, 0.25) is 11.8 Å². The first-order valence-corrected chi connectivity index (χ1v) is 11.4. The zero-order valence-electron chi connectivity index (χ0n) is 17.5. The summed E-state index contributed by atoms with van der Waals surface area (Å²) in [4.78, 5) is 28.2. The van der Waals surface area contributed by atoms with Crippen molar-refractivity contribution in [3.63, 3.8) is 0 Å². The number of nitrogens with two attached hydrogens (primary N) is 1. The van der Waals surface area contributed by atoms with E-state index in [0.29, 0.717) is 31.3 Å². The van der Waals surface area contributed by atoms with Gasteiger partial charge in [-0.15, -0.1) is 11.8 Å². The van der Waals surface area contributed by atoms with Gasteiger partial charge in [0.15, 0.2) is 0 Å². The Labute approximate surface area is 177 Å². The maximum absolute atomic E-state index is 12.4. The summed E-state index contributed by atoms with van der Waals surface area (Å²) in [7, 11) is 0. The predicted octanol–water partition coefficient (Wildman–Crippen LogP) is -0.0171. The molecule has 2 rings (SSSR count). The van der Waals surface area contributed by atoms with E-state index in [-0.39, 0.29) is 36.5 Å². The molecule has 164 valence electrons. The fourth-order valence-corrected chi connectivity index (χ4v) is 4.56. The van der Waals surface area contributed by atoms with Crippen LogP contribution in [0.1, 0.15) is 33.1 Å². The van der Waals surface area contributed by atoms with Gasteiger partial charge in [0.1, 0.15) is 6.04 Å². The van der Waals surface area contributed by atoms with Crippen LogP contribution in [0.4, 0.5) is 0 Å². The lowest BCUT2D eigenvalue weighted by Gasteiger charge is -2.36. The van der Waals surface area contributed by atoms with Gasteiger partial charge in [-0.3, -0.25) is 20.3 Å². The minimum Gasteiger partial charge on any atom is -0.379 e. The summed E-state index contributed by atoms with van der Waals surface area (Å²) in [6.45, 7) is 7.33. The second-order valence-corrected chi connectivity index (χ2v) is 8.81. The molecule has 0 saturated carbocycles. The summed E-state index contributed by atoms with van der Waals surface area (Å²) in [5, 5.41) is 13.7. The molecule has 0 aliphatic carbocycles. The largest absolute Gasteiger partial charge is 0.379 e. The molecule has 10 heteroatoms. The molecule has 0 aromatic carbocycles. The first-order valence-electron chi connectivity index (χ1n) is 10.3. The number of hydrogen-bond donors (Lipinski definition) is 2. The summed E-state index contributed by atoms with van der Waals surface area (Å²) >= 11 is 1.59. The highest BCUT2D eigenvalue weighted by atomic mass is 32.2. The van der Waals surface area contributed by atoms with Gasteiger partial charge in [0.05, 0.1) is 31.1 Å². The van der Waals surface area contributed by atoms with Crippen LogP contribution in [-0.2, 0) is 14.3 Å². The average Bonchev–Trinajstić information content (AvgIpc) is 3.17. The summed E-state index contributed by atoms with van der Waals surface area (Å²) in [5.41, 5.74) is 0. The van der Waals surface area contributed by atoms with Crippen molar-refractivity contribution in [3.05, 3.63) is 0 Å². The van der Waals surface area contributed by atoms with Crippen LogP contribution in [-0.4, -0.2) is 95.8 Å². The van der Waals surface area contributed by atoms with E-state index in [1.807, 2.05) is 13.8 Å². The minimum absolute atomic E-state index is 0.0295. The molecule has 0 aromatic rings. The Balaban J connectivity index is 1.62. The molecule has 0 unspecified atom stereocenters. The van der Waals surface area contributed by atoms with Gasteiger partial charge >= 0.3 is 0 Å². The Morgan fingerprint density at radius 2 is 2.10 bits per heavy atom. The molecule has 0 radical (unpaired) electrons. The SMILES string of the molecule is CC(C)OCCCNC(=O)CN1CCC(N(N)CC(=O)N2CSC[C@H]2C#N)CC1. The number of likely N-dealkylation sites (tertiary alicyclic amines) is 1. The number of amides is 2. The fourth-order valence-electron chi connectivity index (χ4n) is 3.46. The molecule has 2 fully saturated rings. The molecule has 9 nitrogen and oxygen atoms in total. The molecule has 0 aromatic heterocycles. The number of nitrogens with one attached hydrogen (secondary N) is 1.